The Bertz CT molecular complexity index is 479. The molecule has 3 rings (SSSR count). The fraction of sp³-hybridized carbons (Fsp3) is 0.500. The van der Waals surface area contributed by atoms with Gasteiger partial charge in [0.2, 0.25) is 0 Å². The van der Waals surface area contributed by atoms with Crippen molar-refractivity contribution in [2.45, 2.75) is 31.2 Å². The van der Waals surface area contributed by atoms with Gasteiger partial charge in [0.25, 0.3) is 0 Å². The van der Waals surface area contributed by atoms with Gasteiger partial charge in [0.15, 0.2) is 0 Å². The van der Waals surface area contributed by atoms with Crippen LogP contribution in [0, 0.1) is 23.2 Å². The Morgan fingerprint density at radius 1 is 1.41 bits per heavy atom. The van der Waals surface area contributed by atoms with Crippen LogP contribution in [0.25, 0.3) is 0 Å². The summed E-state index contributed by atoms with van der Waals surface area (Å²) >= 11 is 3.47. The molecule has 0 saturated heterocycles. The van der Waals surface area contributed by atoms with Gasteiger partial charge in [0.1, 0.15) is 5.54 Å². The highest BCUT2D eigenvalue weighted by atomic mass is 79.9. The summed E-state index contributed by atoms with van der Waals surface area (Å²) in [5.41, 5.74) is 0.734. The minimum Gasteiger partial charge on any atom is -0.367 e. The maximum Gasteiger partial charge on any atom is 0.128 e. The Balaban J connectivity index is 1.86. The van der Waals surface area contributed by atoms with Crippen molar-refractivity contribution >= 4 is 21.6 Å². The predicted octanol–water partition coefficient (Wildman–Crippen LogP) is 3.94. The first-order chi connectivity index (χ1) is 8.22. The molecule has 17 heavy (non-hydrogen) atoms. The number of anilines is 1. The van der Waals surface area contributed by atoms with E-state index in [0.29, 0.717) is 5.92 Å². The van der Waals surface area contributed by atoms with Crippen LogP contribution in [0.3, 0.4) is 0 Å². The molecule has 0 amide bonds. The van der Waals surface area contributed by atoms with E-state index < -0.39 is 0 Å². The third kappa shape index (κ3) is 1.85. The molecule has 2 aliphatic carbocycles. The first kappa shape index (κ1) is 11.1. The predicted molar refractivity (Wildman–Crippen MR) is 71.6 cm³/mol. The smallest absolute Gasteiger partial charge is 0.128 e. The maximum atomic E-state index is 9.55. The van der Waals surface area contributed by atoms with E-state index in [4.69, 9.17) is 0 Å². The quantitative estimate of drug-likeness (QED) is 0.895. The Labute approximate surface area is 110 Å². The van der Waals surface area contributed by atoms with Crippen LogP contribution >= 0.6 is 15.9 Å². The molecule has 2 nitrogen and oxygen atoms in total. The summed E-state index contributed by atoms with van der Waals surface area (Å²) in [7, 11) is 0. The van der Waals surface area contributed by atoms with E-state index in [2.05, 4.69) is 27.3 Å². The van der Waals surface area contributed by atoms with E-state index in [1.165, 1.54) is 19.3 Å². The van der Waals surface area contributed by atoms with Crippen LogP contribution in [-0.2, 0) is 0 Å². The van der Waals surface area contributed by atoms with Crippen LogP contribution < -0.4 is 5.32 Å². The molecular weight excluding hydrogens is 276 g/mol. The number of halogens is 1. The first-order valence-corrected chi connectivity index (χ1v) is 6.96. The second kappa shape index (κ2) is 4.03. The summed E-state index contributed by atoms with van der Waals surface area (Å²) < 4.78 is 1.05. The number of hydrogen-bond acceptors (Lipinski definition) is 2. The standard InChI is InChI=1S/C14H15BrN2/c15-12-2-1-3-13(7-12)17-14(9-16)8-10-4-5-11(14)6-10/h1-3,7,10-11,17H,4-6,8H2. The van der Waals surface area contributed by atoms with Gasteiger partial charge in [0, 0.05) is 10.2 Å². The van der Waals surface area contributed by atoms with Gasteiger partial charge in [-0.25, -0.2) is 0 Å². The van der Waals surface area contributed by atoms with Gasteiger partial charge in [-0.1, -0.05) is 22.0 Å². The van der Waals surface area contributed by atoms with E-state index in [0.717, 1.165) is 22.5 Å². The Hall–Kier alpha value is -1.01. The minimum absolute atomic E-state index is 0.316. The van der Waals surface area contributed by atoms with Crippen molar-refractivity contribution in [1.82, 2.24) is 0 Å². The molecule has 2 bridgehead atoms. The fourth-order valence-corrected chi connectivity index (χ4v) is 3.87. The van der Waals surface area contributed by atoms with Gasteiger partial charge >= 0.3 is 0 Å². The van der Waals surface area contributed by atoms with Gasteiger partial charge < -0.3 is 5.32 Å². The molecule has 1 aromatic rings. The van der Waals surface area contributed by atoms with Crippen LogP contribution in [0.1, 0.15) is 25.7 Å². The molecule has 0 spiro atoms. The number of nitriles is 1. The number of rotatable bonds is 2. The Kier molecular flexibility index (Phi) is 2.63. The lowest BCUT2D eigenvalue weighted by Gasteiger charge is -2.33. The molecule has 0 aliphatic heterocycles. The molecule has 0 radical (unpaired) electrons. The monoisotopic (exact) mass is 290 g/mol. The summed E-state index contributed by atoms with van der Waals surface area (Å²) in [6.45, 7) is 0. The zero-order valence-corrected chi connectivity index (χ0v) is 11.2. The zero-order valence-electron chi connectivity index (χ0n) is 9.62. The van der Waals surface area contributed by atoms with E-state index in [1.807, 2.05) is 24.3 Å². The van der Waals surface area contributed by atoms with Gasteiger partial charge in [-0.3, -0.25) is 0 Å². The van der Waals surface area contributed by atoms with Crippen LogP contribution in [0.2, 0.25) is 0 Å². The largest absolute Gasteiger partial charge is 0.367 e. The molecule has 0 aromatic heterocycles. The molecule has 88 valence electrons. The lowest BCUT2D eigenvalue weighted by molar-refractivity contribution is 0.368. The van der Waals surface area contributed by atoms with Crippen molar-refractivity contribution in [3.63, 3.8) is 0 Å². The summed E-state index contributed by atoms with van der Waals surface area (Å²) in [5, 5.41) is 13.0. The molecule has 3 unspecified atom stereocenters. The van der Waals surface area contributed by atoms with Crippen molar-refractivity contribution in [3.05, 3.63) is 28.7 Å². The lowest BCUT2D eigenvalue weighted by atomic mass is 9.82. The molecule has 2 fully saturated rings. The number of hydrogen-bond donors (Lipinski definition) is 1. The van der Waals surface area contributed by atoms with Crippen LogP contribution in [0.15, 0.2) is 28.7 Å². The zero-order chi connectivity index (χ0) is 11.9. The number of nitrogens with one attached hydrogen (secondary N) is 1. The van der Waals surface area contributed by atoms with Crippen LogP contribution in [0.4, 0.5) is 5.69 Å². The summed E-state index contributed by atoms with van der Waals surface area (Å²) in [4.78, 5) is 0. The summed E-state index contributed by atoms with van der Waals surface area (Å²) in [6, 6.07) is 10.6. The molecule has 2 saturated carbocycles. The third-order valence-electron chi connectivity index (χ3n) is 4.24. The number of nitrogens with zero attached hydrogens (tertiary/aromatic N) is 1. The Morgan fingerprint density at radius 2 is 2.29 bits per heavy atom. The molecule has 2 aliphatic rings. The minimum atomic E-state index is -0.316. The molecule has 1 aromatic carbocycles. The van der Waals surface area contributed by atoms with Gasteiger partial charge in [-0.05, 0) is 55.7 Å². The molecule has 3 heteroatoms. The SMILES string of the molecule is N#CC1(Nc2cccc(Br)c2)CC2CCC1C2. The van der Waals surface area contributed by atoms with E-state index in [9.17, 15) is 5.26 Å². The average molecular weight is 291 g/mol. The summed E-state index contributed by atoms with van der Waals surface area (Å²) in [5.74, 6) is 1.30. The topological polar surface area (TPSA) is 35.8 Å². The van der Waals surface area contributed by atoms with Crippen molar-refractivity contribution < 1.29 is 0 Å². The second-order valence-electron chi connectivity index (χ2n) is 5.30. The van der Waals surface area contributed by atoms with Crippen LogP contribution in [-0.4, -0.2) is 5.54 Å². The van der Waals surface area contributed by atoms with Crippen molar-refractivity contribution in [2.24, 2.45) is 11.8 Å². The fourth-order valence-electron chi connectivity index (χ4n) is 3.47. The average Bonchev–Trinajstić information content (AvgIpc) is 2.89. The van der Waals surface area contributed by atoms with Crippen molar-refractivity contribution in [1.29, 1.82) is 5.26 Å². The van der Waals surface area contributed by atoms with E-state index in [-0.39, 0.29) is 5.54 Å². The normalized spacial score (nSPS) is 34.6. The third-order valence-corrected chi connectivity index (χ3v) is 4.73. The second-order valence-corrected chi connectivity index (χ2v) is 6.21. The highest BCUT2D eigenvalue weighted by molar-refractivity contribution is 9.10. The highest BCUT2D eigenvalue weighted by Gasteiger charge is 2.51. The molecule has 0 heterocycles. The summed E-state index contributed by atoms with van der Waals surface area (Å²) in [6.07, 6.45) is 4.77. The van der Waals surface area contributed by atoms with Crippen molar-refractivity contribution in [2.75, 3.05) is 5.32 Å². The van der Waals surface area contributed by atoms with Gasteiger partial charge in [-0.2, -0.15) is 5.26 Å². The number of benzene rings is 1. The first-order valence-electron chi connectivity index (χ1n) is 6.17. The lowest BCUT2D eigenvalue weighted by Crippen LogP contribution is -2.41. The Morgan fingerprint density at radius 3 is 2.88 bits per heavy atom. The molecule has 3 atom stereocenters. The van der Waals surface area contributed by atoms with E-state index >= 15 is 0 Å². The van der Waals surface area contributed by atoms with E-state index in [1.54, 1.807) is 0 Å². The maximum absolute atomic E-state index is 9.55. The van der Waals surface area contributed by atoms with Gasteiger partial charge in [0.05, 0.1) is 6.07 Å². The molecular formula is C14H15BrN2. The number of fused-ring (bicyclic) bond motifs is 2. The highest BCUT2D eigenvalue weighted by Crippen LogP contribution is 2.51. The molecule has 1 N–H and O–H groups in total. The van der Waals surface area contributed by atoms with Gasteiger partial charge in [-0.15, -0.1) is 0 Å². The van der Waals surface area contributed by atoms with Crippen molar-refractivity contribution in [3.8, 4) is 6.07 Å². The van der Waals surface area contributed by atoms with Crippen LogP contribution in [0.5, 0.6) is 0 Å².